The highest BCUT2D eigenvalue weighted by molar-refractivity contribution is 5.91. The predicted molar refractivity (Wildman–Crippen MR) is 40.7 cm³/mol. The Morgan fingerprint density at radius 1 is 1.83 bits per heavy atom. The molecule has 2 N–H and O–H groups in total. The Morgan fingerprint density at radius 2 is 2.58 bits per heavy atom. The zero-order valence-corrected chi connectivity index (χ0v) is 6.70. The van der Waals surface area contributed by atoms with Crippen molar-refractivity contribution in [1.29, 1.82) is 0 Å². The maximum Gasteiger partial charge on any atom is 0.273 e. The highest BCUT2D eigenvalue weighted by atomic mass is 16.3. The lowest BCUT2D eigenvalue weighted by Crippen LogP contribution is -2.26. The third kappa shape index (κ3) is 2.06. The minimum atomic E-state index is -0.332. The number of aryl methyl sites for hydroxylation is 1. The third-order valence-electron chi connectivity index (χ3n) is 1.25. The molecular formula is C7H10N2O3. The Hall–Kier alpha value is -1.36. The summed E-state index contributed by atoms with van der Waals surface area (Å²) in [6.45, 7) is 1.80. The smallest absolute Gasteiger partial charge is 0.273 e. The monoisotopic (exact) mass is 170 g/mol. The second kappa shape index (κ2) is 3.87. The first-order valence-corrected chi connectivity index (χ1v) is 3.55. The van der Waals surface area contributed by atoms with Crippen LogP contribution in [0, 0.1) is 6.92 Å². The molecule has 0 spiro atoms. The third-order valence-corrected chi connectivity index (χ3v) is 1.25. The fourth-order valence-corrected chi connectivity index (χ4v) is 0.728. The number of rotatable bonds is 3. The van der Waals surface area contributed by atoms with Crippen LogP contribution >= 0.6 is 0 Å². The van der Waals surface area contributed by atoms with E-state index in [1.54, 1.807) is 6.92 Å². The van der Waals surface area contributed by atoms with Gasteiger partial charge in [-0.1, -0.05) is 0 Å². The molecule has 66 valence electrons. The van der Waals surface area contributed by atoms with Gasteiger partial charge >= 0.3 is 0 Å². The number of aliphatic hydroxyl groups excluding tert-OH is 1. The van der Waals surface area contributed by atoms with Crippen LogP contribution in [0.5, 0.6) is 0 Å². The van der Waals surface area contributed by atoms with Crippen LogP contribution in [0.4, 0.5) is 0 Å². The van der Waals surface area contributed by atoms with Crippen molar-refractivity contribution in [3.05, 3.63) is 17.8 Å². The molecule has 1 rings (SSSR count). The van der Waals surface area contributed by atoms with E-state index in [0.717, 1.165) is 0 Å². The molecule has 0 aromatic carbocycles. The van der Waals surface area contributed by atoms with Gasteiger partial charge in [-0.05, 0) is 0 Å². The molecule has 1 heterocycles. The number of nitrogens with zero attached hydrogens (tertiary/aromatic N) is 1. The van der Waals surface area contributed by atoms with Crippen molar-refractivity contribution in [1.82, 2.24) is 10.3 Å². The molecule has 0 saturated carbocycles. The van der Waals surface area contributed by atoms with Crippen LogP contribution in [0.1, 0.15) is 16.4 Å². The molecule has 0 atom stereocenters. The van der Waals surface area contributed by atoms with Crippen LogP contribution in [0.15, 0.2) is 10.7 Å². The van der Waals surface area contributed by atoms with Crippen molar-refractivity contribution in [3.63, 3.8) is 0 Å². The molecule has 0 radical (unpaired) electrons. The second-order valence-corrected chi connectivity index (χ2v) is 2.23. The first-order valence-electron chi connectivity index (χ1n) is 3.55. The minimum absolute atomic E-state index is 0.0808. The van der Waals surface area contributed by atoms with Crippen LogP contribution in [0.3, 0.4) is 0 Å². The number of hydrogen-bond donors (Lipinski definition) is 2. The van der Waals surface area contributed by atoms with Crippen LogP contribution in [-0.2, 0) is 0 Å². The molecule has 5 nitrogen and oxygen atoms in total. The second-order valence-electron chi connectivity index (χ2n) is 2.23. The summed E-state index contributed by atoms with van der Waals surface area (Å²) in [6.07, 6.45) is 1.28. The Balaban J connectivity index is 2.53. The summed E-state index contributed by atoms with van der Waals surface area (Å²) in [5.41, 5.74) is 0.237. The summed E-state index contributed by atoms with van der Waals surface area (Å²) in [7, 11) is 0. The van der Waals surface area contributed by atoms with E-state index in [9.17, 15) is 4.79 Å². The molecule has 0 aliphatic heterocycles. The van der Waals surface area contributed by atoms with Gasteiger partial charge in [0.2, 0.25) is 0 Å². The molecule has 1 aromatic rings. The maximum atomic E-state index is 11.1. The fourth-order valence-electron chi connectivity index (χ4n) is 0.728. The molecule has 0 bridgehead atoms. The number of carbonyl (C=O) groups is 1. The number of nitrogens with one attached hydrogen (secondary N) is 1. The average molecular weight is 170 g/mol. The van der Waals surface area contributed by atoms with E-state index in [1.165, 1.54) is 6.26 Å². The van der Waals surface area contributed by atoms with Crippen molar-refractivity contribution in [2.45, 2.75) is 6.92 Å². The maximum absolute atomic E-state index is 11.1. The molecule has 0 unspecified atom stereocenters. The van der Waals surface area contributed by atoms with Gasteiger partial charge in [0.05, 0.1) is 6.61 Å². The van der Waals surface area contributed by atoms with Gasteiger partial charge in [0.1, 0.15) is 6.26 Å². The molecule has 0 aliphatic carbocycles. The summed E-state index contributed by atoms with van der Waals surface area (Å²) >= 11 is 0. The number of aliphatic hydroxyl groups is 1. The fraction of sp³-hybridized carbons (Fsp3) is 0.429. The van der Waals surface area contributed by atoms with Crippen LogP contribution < -0.4 is 5.32 Å². The van der Waals surface area contributed by atoms with Crippen LogP contribution in [0.2, 0.25) is 0 Å². The Kier molecular flexibility index (Phi) is 2.82. The number of aromatic nitrogens is 1. The highest BCUT2D eigenvalue weighted by Crippen LogP contribution is 1.98. The van der Waals surface area contributed by atoms with Crippen molar-refractivity contribution < 1.29 is 14.3 Å². The Morgan fingerprint density at radius 3 is 3.08 bits per heavy atom. The topological polar surface area (TPSA) is 75.4 Å². The summed E-state index contributed by atoms with van der Waals surface area (Å²) in [6, 6.07) is 0. The van der Waals surface area contributed by atoms with Gasteiger partial charge in [0.15, 0.2) is 11.6 Å². The molecule has 12 heavy (non-hydrogen) atoms. The molecule has 5 heteroatoms. The summed E-state index contributed by atoms with van der Waals surface area (Å²) in [5, 5.41) is 10.9. The van der Waals surface area contributed by atoms with E-state index in [2.05, 4.69) is 10.3 Å². The van der Waals surface area contributed by atoms with Gasteiger partial charge in [-0.25, -0.2) is 4.98 Å². The van der Waals surface area contributed by atoms with Gasteiger partial charge in [-0.15, -0.1) is 0 Å². The predicted octanol–water partition coefficient (Wildman–Crippen LogP) is -0.295. The first-order chi connectivity index (χ1) is 5.74. The average Bonchev–Trinajstić information content (AvgIpc) is 2.47. The standard InChI is InChI=1S/C7H10N2O3/c1-5-9-6(4-12-5)7(11)8-2-3-10/h4,10H,2-3H2,1H3,(H,8,11). The molecule has 0 aliphatic rings. The van der Waals surface area contributed by atoms with E-state index in [4.69, 9.17) is 9.52 Å². The zero-order valence-electron chi connectivity index (χ0n) is 6.70. The molecule has 1 amide bonds. The summed E-state index contributed by atoms with van der Waals surface area (Å²) in [4.78, 5) is 14.9. The number of amides is 1. The van der Waals surface area contributed by atoms with Crippen molar-refractivity contribution >= 4 is 5.91 Å². The van der Waals surface area contributed by atoms with E-state index >= 15 is 0 Å². The van der Waals surface area contributed by atoms with Gasteiger partial charge in [-0.2, -0.15) is 0 Å². The number of oxazole rings is 1. The first kappa shape index (κ1) is 8.73. The molecule has 0 saturated heterocycles. The molecule has 0 fully saturated rings. The van der Waals surface area contributed by atoms with Gasteiger partial charge in [-0.3, -0.25) is 4.79 Å². The SMILES string of the molecule is Cc1nc(C(=O)NCCO)co1. The minimum Gasteiger partial charge on any atom is -0.448 e. The normalized spacial score (nSPS) is 9.83. The van der Waals surface area contributed by atoms with Crippen molar-refractivity contribution in [2.24, 2.45) is 0 Å². The van der Waals surface area contributed by atoms with Gasteiger partial charge < -0.3 is 14.8 Å². The lowest BCUT2D eigenvalue weighted by Gasteiger charge is -1.97. The number of carbonyl (C=O) groups excluding carboxylic acids is 1. The molecular weight excluding hydrogens is 160 g/mol. The van der Waals surface area contributed by atoms with Crippen molar-refractivity contribution in [3.8, 4) is 0 Å². The largest absolute Gasteiger partial charge is 0.448 e. The van der Waals surface area contributed by atoms with E-state index < -0.39 is 0 Å². The lowest BCUT2D eigenvalue weighted by molar-refractivity contribution is 0.0939. The van der Waals surface area contributed by atoms with Gasteiger partial charge in [0, 0.05) is 13.5 Å². The Labute approximate surface area is 69.4 Å². The zero-order chi connectivity index (χ0) is 8.97. The Bertz CT molecular complexity index is 269. The lowest BCUT2D eigenvalue weighted by atomic mass is 10.4. The van der Waals surface area contributed by atoms with Gasteiger partial charge in [0.25, 0.3) is 5.91 Å². The van der Waals surface area contributed by atoms with Crippen molar-refractivity contribution in [2.75, 3.05) is 13.2 Å². The quantitative estimate of drug-likeness (QED) is 0.653. The summed E-state index contributed by atoms with van der Waals surface area (Å²) < 4.78 is 4.83. The molecule has 1 aromatic heterocycles. The van der Waals surface area contributed by atoms with Crippen LogP contribution in [0.25, 0.3) is 0 Å². The summed E-state index contributed by atoms with van der Waals surface area (Å²) in [5.74, 6) is 0.116. The van der Waals surface area contributed by atoms with E-state index in [1.807, 2.05) is 0 Å². The van der Waals surface area contributed by atoms with E-state index in [0.29, 0.717) is 5.89 Å². The van der Waals surface area contributed by atoms with Crippen LogP contribution in [-0.4, -0.2) is 29.1 Å². The highest BCUT2D eigenvalue weighted by Gasteiger charge is 2.08. The number of hydrogen-bond acceptors (Lipinski definition) is 4. The van der Waals surface area contributed by atoms with E-state index in [-0.39, 0.29) is 24.8 Å².